The van der Waals surface area contributed by atoms with Crippen LogP contribution >= 0.6 is 0 Å². The molecule has 142 valence electrons. The molecule has 1 aromatic carbocycles. The van der Waals surface area contributed by atoms with Crippen LogP contribution in [0.3, 0.4) is 0 Å². The molecule has 1 aliphatic rings. The van der Waals surface area contributed by atoms with Crippen molar-refractivity contribution >= 4 is 23.3 Å². The average Bonchev–Trinajstić information content (AvgIpc) is 3.20. The number of carbonyl (C=O) groups excluding carboxylic acids is 2. The van der Waals surface area contributed by atoms with Crippen LogP contribution in [0.2, 0.25) is 0 Å². The van der Waals surface area contributed by atoms with Gasteiger partial charge in [-0.3, -0.25) is 9.59 Å². The van der Waals surface area contributed by atoms with E-state index in [4.69, 9.17) is 5.73 Å². The summed E-state index contributed by atoms with van der Waals surface area (Å²) < 4.78 is 0. The van der Waals surface area contributed by atoms with Gasteiger partial charge in [0, 0.05) is 30.5 Å². The highest BCUT2D eigenvalue weighted by molar-refractivity contribution is 5.99. The van der Waals surface area contributed by atoms with E-state index < -0.39 is 0 Å². The molecule has 6 nitrogen and oxygen atoms in total. The molecule has 3 rings (SSSR count). The molecule has 0 saturated carbocycles. The fourth-order valence-corrected chi connectivity index (χ4v) is 2.64. The van der Waals surface area contributed by atoms with E-state index in [0.29, 0.717) is 17.1 Å². The van der Waals surface area contributed by atoms with Gasteiger partial charge in [0.25, 0.3) is 5.91 Å². The number of aryl methyl sites for hydroxylation is 2. The number of nitrogens with zero attached hydrogens (tertiary/aromatic N) is 2. The minimum atomic E-state index is -0.256. The third kappa shape index (κ3) is 5.95. The fourth-order valence-electron chi connectivity index (χ4n) is 2.64. The van der Waals surface area contributed by atoms with Crippen molar-refractivity contribution in [1.82, 2.24) is 9.88 Å². The minimum absolute atomic E-state index is 0.0640. The van der Waals surface area contributed by atoms with E-state index in [0.717, 1.165) is 25.9 Å². The second-order valence-corrected chi connectivity index (χ2v) is 6.46. The second kappa shape index (κ2) is 9.52. The molecule has 2 aromatic rings. The Bertz CT molecular complexity index is 809. The fraction of sp³-hybridized carbons (Fsp3) is 0.286. The first-order chi connectivity index (χ1) is 12.9. The summed E-state index contributed by atoms with van der Waals surface area (Å²) in [6.45, 7) is 9.10. The predicted octanol–water partition coefficient (Wildman–Crippen LogP) is 3.33. The summed E-state index contributed by atoms with van der Waals surface area (Å²) in [5.41, 5.74) is 9.12. The molecule has 27 heavy (non-hydrogen) atoms. The van der Waals surface area contributed by atoms with Crippen LogP contribution in [-0.2, 0) is 4.79 Å². The van der Waals surface area contributed by atoms with Crippen LogP contribution in [0.4, 0.5) is 11.5 Å². The molecule has 0 radical (unpaired) electrons. The molecule has 0 spiro atoms. The maximum Gasteiger partial charge on any atom is 0.253 e. The molecule has 1 fully saturated rings. The number of pyridine rings is 1. The van der Waals surface area contributed by atoms with Gasteiger partial charge in [0.15, 0.2) is 0 Å². The molecule has 0 atom stereocenters. The van der Waals surface area contributed by atoms with Crippen molar-refractivity contribution < 1.29 is 9.59 Å². The molecule has 0 aliphatic carbocycles. The van der Waals surface area contributed by atoms with Gasteiger partial charge < -0.3 is 16.0 Å². The number of rotatable bonds is 3. The number of hydrogen-bond donors (Lipinski definition) is 2. The molecule has 0 bridgehead atoms. The highest BCUT2D eigenvalue weighted by Crippen LogP contribution is 2.15. The SMILES string of the molecule is C=CC(=O)Nc1ccc(C(=O)N2CCCC2)cc1.Cc1cnc(N)cc1C. The van der Waals surface area contributed by atoms with Crippen molar-refractivity contribution in [2.45, 2.75) is 26.7 Å². The van der Waals surface area contributed by atoms with Crippen LogP contribution in [0.5, 0.6) is 0 Å². The quantitative estimate of drug-likeness (QED) is 0.816. The maximum atomic E-state index is 12.1. The first-order valence-corrected chi connectivity index (χ1v) is 8.92. The first-order valence-electron chi connectivity index (χ1n) is 8.92. The topological polar surface area (TPSA) is 88.3 Å². The Labute approximate surface area is 160 Å². The monoisotopic (exact) mass is 366 g/mol. The zero-order valence-electron chi connectivity index (χ0n) is 15.9. The number of hydrogen-bond acceptors (Lipinski definition) is 4. The number of nitrogen functional groups attached to an aromatic ring is 1. The largest absolute Gasteiger partial charge is 0.384 e. The summed E-state index contributed by atoms with van der Waals surface area (Å²) in [5, 5.41) is 2.65. The molecule has 1 aliphatic heterocycles. The van der Waals surface area contributed by atoms with E-state index in [1.807, 2.05) is 24.8 Å². The normalized spacial score (nSPS) is 12.7. The van der Waals surface area contributed by atoms with Crippen LogP contribution < -0.4 is 11.1 Å². The van der Waals surface area contributed by atoms with Gasteiger partial charge in [-0.1, -0.05) is 6.58 Å². The summed E-state index contributed by atoms with van der Waals surface area (Å²) in [4.78, 5) is 28.9. The number of nitrogens with two attached hydrogens (primary N) is 1. The molecule has 2 amide bonds. The molecule has 2 heterocycles. The van der Waals surface area contributed by atoms with Gasteiger partial charge in [-0.2, -0.15) is 0 Å². The second-order valence-electron chi connectivity index (χ2n) is 6.46. The Morgan fingerprint density at radius 1 is 1.15 bits per heavy atom. The third-order valence-electron chi connectivity index (χ3n) is 4.37. The predicted molar refractivity (Wildman–Crippen MR) is 109 cm³/mol. The van der Waals surface area contributed by atoms with E-state index >= 15 is 0 Å². The molecule has 0 unspecified atom stereocenters. The summed E-state index contributed by atoms with van der Waals surface area (Å²) >= 11 is 0. The van der Waals surface area contributed by atoms with Crippen molar-refractivity contribution in [2.75, 3.05) is 24.1 Å². The van der Waals surface area contributed by atoms with Crippen molar-refractivity contribution in [2.24, 2.45) is 0 Å². The van der Waals surface area contributed by atoms with Gasteiger partial charge in [-0.25, -0.2) is 4.98 Å². The summed E-state index contributed by atoms with van der Waals surface area (Å²) in [7, 11) is 0. The van der Waals surface area contributed by atoms with Crippen LogP contribution in [0.25, 0.3) is 0 Å². The Kier molecular flexibility index (Phi) is 7.11. The highest BCUT2D eigenvalue weighted by Gasteiger charge is 2.19. The Balaban J connectivity index is 0.000000244. The van der Waals surface area contributed by atoms with Crippen LogP contribution in [0, 0.1) is 13.8 Å². The van der Waals surface area contributed by atoms with Gasteiger partial charge in [0.05, 0.1) is 0 Å². The van der Waals surface area contributed by atoms with Gasteiger partial charge in [-0.05, 0) is 74.2 Å². The van der Waals surface area contributed by atoms with Crippen molar-refractivity contribution in [3.05, 3.63) is 65.9 Å². The van der Waals surface area contributed by atoms with E-state index in [1.165, 1.54) is 17.2 Å². The number of anilines is 2. The number of benzene rings is 1. The van der Waals surface area contributed by atoms with E-state index in [9.17, 15) is 9.59 Å². The number of likely N-dealkylation sites (tertiary alicyclic amines) is 1. The molecule has 3 N–H and O–H groups in total. The number of nitrogens with one attached hydrogen (secondary N) is 1. The Hall–Kier alpha value is -3.15. The van der Waals surface area contributed by atoms with Crippen LogP contribution in [0.1, 0.15) is 34.3 Å². The Morgan fingerprint density at radius 3 is 2.30 bits per heavy atom. The lowest BCUT2D eigenvalue weighted by Gasteiger charge is -2.15. The standard InChI is InChI=1S/C14H16N2O2.C7H10N2/c1-2-13(17)15-12-7-5-11(6-8-12)14(18)16-9-3-4-10-16;1-5-3-7(8)9-4-6(5)2/h2,5-8H,1,3-4,9-10H2,(H,15,17);3-4H,1-2H3,(H2,8,9). The first kappa shape index (κ1) is 20.2. The molecular weight excluding hydrogens is 340 g/mol. The number of carbonyl (C=O) groups is 2. The van der Waals surface area contributed by atoms with Gasteiger partial charge in [0.2, 0.25) is 5.91 Å². The zero-order chi connectivity index (χ0) is 19.8. The van der Waals surface area contributed by atoms with Gasteiger partial charge in [-0.15, -0.1) is 0 Å². The van der Waals surface area contributed by atoms with Crippen molar-refractivity contribution in [3.8, 4) is 0 Å². The number of amides is 2. The lowest BCUT2D eigenvalue weighted by molar-refractivity contribution is -0.111. The van der Waals surface area contributed by atoms with E-state index in [2.05, 4.69) is 16.9 Å². The molecule has 1 aromatic heterocycles. The van der Waals surface area contributed by atoms with Gasteiger partial charge in [0.1, 0.15) is 5.82 Å². The Morgan fingerprint density at radius 2 is 1.78 bits per heavy atom. The lowest BCUT2D eigenvalue weighted by Crippen LogP contribution is -2.27. The molecule has 6 heteroatoms. The summed E-state index contributed by atoms with van der Waals surface area (Å²) in [5.74, 6) is 0.404. The molecular formula is C21H26N4O2. The summed E-state index contributed by atoms with van der Waals surface area (Å²) in [6, 6.07) is 8.80. The van der Waals surface area contributed by atoms with Crippen LogP contribution in [-0.4, -0.2) is 34.8 Å². The van der Waals surface area contributed by atoms with E-state index in [1.54, 1.807) is 30.5 Å². The average molecular weight is 366 g/mol. The van der Waals surface area contributed by atoms with Crippen molar-refractivity contribution in [3.63, 3.8) is 0 Å². The highest BCUT2D eigenvalue weighted by atomic mass is 16.2. The zero-order valence-corrected chi connectivity index (χ0v) is 15.9. The van der Waals surface area contributed by atoms with Gasteiger partial charge >= 0.3 is 0 Å². The van der Waals surface area contributed by atoms with Crippen LogP contribution in [0.15, 0.2) is 49.2 Å². The lowest BCUT2D eigenvalue weighted by atomic mass is 10.2. The molecule has 1 saturated heterocycles. The van der Waals surface area contributed by atoms with Crippen molar-refractivity contribution in [1.29, 1.82) is 0 Å². The van der Waals surface area contributed by atoms with E-state index in [-0.39, 0.29) is 11.8 Å². The minimum Gasteiger partial charge on any atom is -0.384 e. The smallest absolute Gasteiger partial charge is 0.253 e. The maximum absolute atomic E-state index is 12.1. The summed E-state index contributed by atoms with van der Waals surface area (Å²) in [6.07, 6.45) is 5.16. The third-order valence-corrected chi connectivity index (χ3v) is 4.37. The number of aromatic nitrogens is 1.